The number of pyridine rings is 1. The van der Waals surface area contributed by atoms with E-state index in [0.717, 1.165) is 10.6 Å². The summed E-state index contributed by atoms with van der Waals surface area (Å²) in [7, 11) is 2.91. The first-order valence-corrected chi connectivity index (χ1v) is 7.02. The van der Waals surface area contributed by atoms with Crippen LogP contribution >= 0.6 is 11.8 Å². The van der Waals surface area contributed by atoms with Gasteiger partial charge in [-0.05, 0) is 11.6 Å². The molecule has 1 aromatic carbocycles. The van der Waals surface area contributed by atoms with Crippen LogP contribution in [0.1, 0.15) is 15.9 Å². The third kappa shape index (κ3) is 3.51. The Labute approximate surface area is 122 Å². The largest absolute Gasteiger partial charge is 0.480 e. The summed E-state index contributed by atoms with van der Waals surface area (Å²) in [6.45, 7) is 0. The summed E-state index contributed by atoms with van der Waals surface area (Å²) >= 11 is 1.57. The van der Waals surface area contributed by atoms with E-state index in [1.165, 1.54) is 18.9 Å². The summed E-state index contributed by atoms with van der Waals surface area (Å²) in [4.78, 5) is 16.5. The second-order valence-electron chi connectivity index (χ2n) is 4.00. The normalized spacial score (nSPS) is 10.1. The fourth-order valence-corrected chi connectivity index (χ4v) is 2.64. The van der Waals surface area contributed by atoms with Crippen LogP contribution in [0.3, 0.4) is 0 Å². The average molecular weight is 289 g/mol. The van der Waals surface area contributed by atoms with Crippen molar-refractivity contribution in [1.82, 2.24) is 4.98 Å². The molecule has 0 aliphatic rings. The number of nitrogens with zero attached hydrogens (tertiary/aromatic N) is 1. The molecule has 20 heavy (non-hydrogen) atoms. The van der Waals surface area contributed by atoms with Crippen molar-refractivity contribution in [1.29, 1.82) is 0 Å². The Morgan fingerprint density at radius 1 is 1.25 bits per heavy atom. The molecule has 0 unspecified atom stereocenters. The number of hydrogen-bond donors (Lipinski definition) is 0. The number of carbonyl (C=O) groups excluding carboxylic acids is 1. The van der Waals surface area contributed by atoms with Gasteiger partial charge in [0.15, 0.2) is 0 Å². The van der Waals surface area contributed by atoms with Crippen LogP contribution in [0.4, 0.5) is 0 Å². The number of benzene rings is 1. The van der Waals surface area contributed by atoms with Gasteiger partial charge in [-0.15, -0.1) is 11.8 Å². The maximum Gasteiger partial charge on any atom is 0.339 e. The van der Waals surface area contributed by atoms with Gasteiger partial charge in [0.25, 0.3) is 0 Å². The van der Waals surface area contributed by atoms with Gasteiger partial charge in [-0.3, -0.25) is 0 Å². The first kappa shape index (κ1) is 14.4. The molecule has 0 amide bonds. The number of ether oxygens (including phenoxy) is 2. The molecule has 2 aromatic rings. The van der Waals surface area contributed by atoms with E-state index in [2.05, 4.69) is 17.1 Å². The van der Waals surface area contributed by atoms with Crippen molar-refractivity contribution >= 4 is 17.7 Å². The molecule has 0 spiro atoms. The van der Waals surface area contributed by atoms with Gasteiger partial charge >= 0.3 is 5.97 Å². The number of esters is 1. The van der Waals surface area contributed by atoms with Crippen LogP contribution in [0.25, 0.3) is 0 Å². The average Bonchev–Trinajstić information content (AvgIpc) is 2.52. The molecule has 0 radical (unpaired) electrons. The number of rotatable bonds is 5. The van der Waals surface area contributed by atoms with Gasteiger partial charge in [0.2, 0.25) is 5.88 Å². The Morgan fingerprint density at radius 2 is 2.00 bits per heavy atom. The summed E-state index contributed by atoms with van der Waals surface area (Å²) in [5.41, 5.74) is 1.62. The predicted octanol–water partition coefficient (Wildman–Crippen LogP) is 3.17. The number of thioether (sulfide) groups is 1. The molecule has 0 atom stereocenters. The molecule has 5 heteroatoms. The summed E-state index contributed by atoms with van der Waals surface area (Å²) in [6.07, 6.45) is 1.46. The maximum absolute atomic E-state index is 11.5. The van der Waals surface area contributed by atoms with Crippen molar-refractivity contribution in [3.8, 4) is 5.88 Å². The predicted molar refractivity (Wildman–Crippen MR) is 78.1 cm³/mol. The lowest BCUT2D eigenvalue weighted by atomic mass is 10.2. The zero-order chi connectivity index (χ0) is 14.4. The molecule has 0 saturated carbocycles. The highest BCUT2D eigenvalue weighted by atomic mass is 32.2. The Bertz CT molecular complexity index is 587. The molecule has 4 nitrogen and oxygen atoms in total. The molecule has 0 N–H and O–H groups in total. The fraction of sp³-hybridized carbons (Fsp3) is 0.200. The SMILES string of the molecule is COC(=O)c1cnc(OC)c(SCc2ccccc2)c1. The van der Waals surface area contributed by atoms with Crippen LogP contribution < -0.4 is 4.74 Å². The molecule has 0 aliphatic heterocycles. The number of hydrogen-bond acceptors (Lipinski definition) is 5. The Hall–Kier alpha value is -2.01. The van der Waals surface area contributed by atoms with E-state index in [1.807, 2.05) is 18.2 Å². The van der Waals surface area contributed by atoms with E-state index in [1.54, 1.807) is 24.9 Å². The smallest absolute Gasteiger partial charge is 0.339 e. The first-order valence-electron chi connectivity index (χ1n) is 6.03. The molecule has 0 aliphatic carbocycles. The summed E-state index contributed by atoms with van der Waals surface area (Å²) in [5, 5.41) is 0. The van der Waals surface area contributed by atoms with Gasteiger partial charge in [0.05, 0.1) is 24.7 Å². The lowest BCUT2D eigenvalue weighted by Crippen LogP contribution is -2.03. The number of methoxy groups -OCH3 is 2. The molecule has 0 fully saturated rings. The molecule has 0 bridgehead atoms. The summed E-state index contributed by atoms with van der Waals surface area (Å²) in [5.74, 6) is 0.893. The van der Waals surface area contributed by atoms with Crippen molar-refractivity contribution in [2.45, 2.75) is 10.6 Å². The van der Waals surface area contributed by atoms with Crippen molar-refractivity contribution in [2.24, 2.45) is 0 Å². The Morgan fingerprint density at radius 3 is 2.65 bits per heavy atom. The van der Waals surface area contributed by atoms with Crippen molar-refractivity contribution in [2.75, 3.05) is 14.2 Å². The minimum Gasteiger partial charge on any atom is -0.480 e. The standard InChI is InChI=1S/C15H15NO3S/c1-18-14-13(8-12(9-16-14)15(17)19-2)20-10-11-6-4-3-5-7-11/h3-9H,10H2,1-2H3. The second kappa shape index (κ2) is 6.96. The quantitative estimate of drug-likeness (QED) is 0.625. The number of aromatic nitrogens is 1. The zero-order valence-electron chi connectivity index (χ0n) is 11.3. The molecule has 2 rings (SSSR count). The van der Waals surface area contributed by atoms with Crippen molar-refractivity contribution < 1.29 is 14.3 Å². The van der Waals surface area contributed by atoms with Crippen molar-refractivity contribution in [3.63, 3.8) is 0 Å². The third-order valence-corrected chi connectivity index (χ3v) is 3.75. The molecular formula is C15H15NO3S. The van der Waals surface area contributed by atoms with E-state index in [9.17, 15) is 4.79 Å². The van der Waals surface area contributed by atoms with Crippen LogP contribution in [-0.2, 0) is 10.5 Å². The van der Waals surface area contributed by atoms with Gasteiger partial charge < -0.3 is 9.47 Å². The van der Waals surface area contributed by atoms with E-state index < -0.39 is 5.97 Å². The Kier molecular flexibility index (Phi) is 5.01. The van der Waals surface area contributed by atoms with E-state index >= 15 is 0 Å². The number of carbonyl (C=O) groups is 1. The molecule has 1 heterocycles. The first-order chi connectivity index (χ1) is 9.74. The zero-order valence-corrected chi connectivity index (χ0v) is 12.1. The minimum atomic E-state index is -0.401. The van der Waals surface area contributed by atoms with E-state index in [-0.39, 0.29) is 0 Å². The molecule has 104 valence electrons. The lowest BCUT2D eigenvalue weighted by Gasteiger charge is -2.08. The highest BCUT2D eigenvalue weighted by Crippen LogP contribution is 2.30. The topological polar surface area (TPSA) is 48.4 Å². The maximum atomic E-state index is 11.5. The molecule has 1 aromatic heterocycles. The van der Waals surface area contributed by atoms with Crippen LogP contribution in [0.15, 0.2) is 47.5 Å². The lowest BCUT2D eigenvalue weighted by molar-refractivity contribution is 0.0600. The van der Waals surface area contributed by atoms with Crippen LogP contribution in [0.2, 0.25) is 0 Å². The molecule has 0 saturated heterocycles. The van der Waals surface area contributed by atoms with Gasteiger partial charge in [-0.2, -0.15) is 0 Å². The minimum absolute atomic E-state index is 0.401. The Balaban J connectivity index is 2.18. The van der Waals surface area contributed by atoms with Gasteiger partial charge in [0, 0.05) is 11.9 Å². The van der Waals surface area contributed by atoms with Gasteiger partial charge in [-0.1, -0.05) is 30.3 Å². The fourth-order valence-electron chi connectivity index (χ4n) is 1.65. The van der Waals surface area contributed by atoms with E-state index in [0.29, 0.717) is 11.4 Å². The summed E-state index contributed by atoms with van der Waals surface area (Å²) < 4.78 is 9.92. The van der Waals surface area contributed by atoms with Crippen molar-refractivity contribution in [3.05, 3.63) is 53.7 Å². The van der Waals surface area contributed by atoms with Crippen LogP contribution in [0.5, 0.6) is 5.88 Å². The summed E-state index contributed by atoms with van der Waals surface area (Å²) in [6, 6.07) is 11.8. The monoisotopic (exact) mass is 289 g/mol. The van der Waals surface area contributed by atoms with Gasteiger partial charge in [-0.25, -0.2) is 9.78 Å². The van der Waals surface area contributed by atoms with E-state index in [4.69, 9.17) is 9.47 Å². The van der Waals surface area contributed by atoms with Crippen LogP contribution in [0, 0.1) is 0 Å². The molecular weight excluding hydrogens is 274 g/mol. The highest BCUT2D eigenvalue weighted by molar-refractivity contribution is 7.98. The second-order valence-corrected chi connectivity index (χ2v) is 5.01. The highest BCUT2D eigenvalue weighted by Gasteiger charge is 2.12. The van der Waals surface area contributed by atoms with Crippen LogP contribution in [-0.4, -0.2) is 25.2 Å². The van der Waals surface area contributed by atoms with Gasteiger partial charge in [0.1, 0.15) is 0 Å². The third-order valence-electron chi connectivity index (χ3n) is 2.67.